The maximum Gasteiger partial charge on any atom is 0.229 e. The third-order valence-corrected chi connectivity index (χ3v) is 5.95. The van der Waals surface area contributed by atoms with Crippen molar-refractivity contribution >= 4 is 28.5 Å². The number of fused-ring (bicyclic) bond motifs is 1. The van der Waals surface area contributed by atoms with Crippen molar-refractivity contribution in [1.82, 2.24) is 19.7 Å². The molecule has 0 radical (unpaired) electrons. The highest BCUT2D eigenvalue weighted by Crippen LogP contribution is 2.29. The first kappa shape index (κ1) is 19.5. The molecule has 0 aliphatic carbocycles. The van der Waals surface area contributed by atoms with Gasteiger partial charge in [0.2, 0.25) is 5.95 Å². The molecule has 0 atom stereocenters. The topological polar surface area (TPSA) is 58.9 Å². The van der Waals surface area contributed by atoms with E-state index < -0.39 is 0 Å². The van der Waals surface area contributed by atoms with E-state index in [4.69, 9.17) is 9.97 Å². The van der Waals surface area contributed by atoms with Gasteiger partial charge < -0.3 is 10.2 Å². The molecule has 1 aliphatic rings. The summed E-state index contributed by atoms with van der Waals surface area (Å²) in [6, 6.07) is 17.0. The molecule has 1 N–H and O–H groups in total. The van der Waals surface area contributed by atoms with E-state index in [1.54, 1.807) is 23.0 Å². The lowest BCUT2D eigenvalue weighted by atomic mass is 9.90. The molecule has 0 amide bonds. The van der Waals surface area contributed by atoms with Crippen molar-refractivity contribution in [3.05, 3.63) is 72.2 Å². The number of nitrogens with zero attached hydrogens (tertiary/aromatic N) is 5. The highest BCUT2D eigenvalue weighted by molar-refractivity contribution is 5.89. The van der Waals surface area contributed by atoms with Crippen LogP contribution >= 0.6 is 0 Å². The summed E-state index contributed by atoms with van der Waals surface area (Å²) < 4.78 is 15.0. The second-order valence-electron chi connectivity index (χ2n) is 8.13. The van der Waals surface area contributed by atoms with Crippen molar-refractivity contribution in [3.8, 4) is 0 Å². The average molecular weight is 417 g/mol. The Balaban J connectivity index is 1.36. The zero-order valence-electron chi connectivity index (χ0n) is 17.5. The van der Waals surface area contributed by atoms with Crippen LogP contribution in [-0.2, 0) is 13.5 Å². The summed E-state index contributed by atoms with van der Waals surface area (Å²) in [6.07, 6.45) is 5.11. The first-order valence-corrected chi connectivity index (χ1v) is 10.7. The van der Waals surface area contributed by atoms with Crippen LogP contribution < -0.4 is 10.2 Å². The normalized spacial score (nSPS) is 14.8. The fourth-order valence-corrected chi connectivity index (χ4v) is 4.20. The second-order valence-corrected chi connectivity index (χ2v) is 8.13. The van der Waals surface area contributed by atoms with Crippen LogP contribution in [0.25, 0.3) is 11.0 Å². The summed E-state index contributed by atoms with van der Waals surface area (Å²) in [5.74, 6) is 1.81. The van der Waals surface area contributed by atoms with Gasteiger partial charge in [0.05, 0.1) is 11.6 Å². The molecule has 3 heterocycles. The molecule has 1 saturated heterocycles. The van der Waals surface area contributed by atoms with Crippen LogP contribution in [0.4, 0.5) is 21.8 Å². The van der Waals surface area contributed by atoms with Crippen molar-refractivity contribution in [2.45, 2.75) is 19.3 Å². The van der Waals surface area contributed by atoms with Gasteiger partial charge in [0.15, 0.2) is 5.65 Å². The zero-order valence-corrected chi connectivity index (χ0v) is 17.5. The van der Waals surface area contributed by atoms with Gasteiger partial charge in [0, 0.05) is 25.8 Å². The minimum Gasteiger partial charge on any atom is -0.341 e. The van der Waals surface area contributed by atoms with Gasteiger partial charge in [-0.15, -0.1) is 0 Å². The molecule has 158 valence electrons. The largest absolute Gasteiger partial charge is 0.341 e. The molecule has 0 saturated carbocycles. The highest BCUT2D eigenvalue weighted by atomic mass is 19.1. The van der Waals surface area contributed by atoms with E-state index >= 15 is 0 Å². The lowest BCUT2D eigenvalue weighted by Gasteiger charge is -2.32. The van der Waals surface area contributed by atoms with Gasteiger partial charge in [0.1, 0.15) is 11.6 Å². The predicted octanol–water partition coefficient (Wildman–Crippen LogP) is 4.71. The van der Waals surface area contributed by atoms with E-state index in [1.807, 2.05) is 7.05 Å². The Kier molecular flexibility index (Phi) is 5.24. The van der Waals surface area contributed by atoms with E-state index in [9.17, 15) is 4.39 Å². The SMILES string of the molecule is Cn1ncc2c(Nc3ccc(F)cc3)nc(N3CCC(Cc4ccccc4)CC3)nc21. The quantitative estimate of drug-likeness (QED) is 0.511. The summed E-state index contributed by atoms with van der Waals surface area (Å²) in [5, 5.41) is 8.51. The Hall–Kier alpha value is -3.48. The summed E-state index contributed by atoms with van der Waals surface area (Å²) in [6.45, 7) is 1.85. The Labute approximate surface area is 180 Å². The van der Waals surface area contributed by atoms with E-state index in [0.717, 1.165) is 49.1 Å². The lowest BCUT2D eigenvalue weighted by molar-refractivity contribution is 0.401. The average Bonchev–Trinajstić information content (AvgIpc) is 3.18. The monoisotopic (exact) mass is 416 g/mol. The highest BCUT2D eigenvalue weighted by Gasteiger charge is 2.23. The minimum absolute atomic E-state index is 0.265. The number of benzene rings is 2. The Morgan fingerprint density at radius 1 is 1.00 bits per heavy atom. The molecule has 0 spiro atoms. The Morgan fingerprint density at radius 2 is 1.74 bits per heavy atom. The third-order valence-electron chi connectivity index (χ3n) is 5.95. The Bertz CT molecular complexity index is 1160. The van der Waals surface area contributed by atoms with Crippen LogP contribution in [-0.4, -0.2) is 32.8 Å². The summed E-state index contributed by atoms with van der Waals surface area (Å²) in [4.78, 5) is 11.9. The van der Waals surface area contributed by atoms with Crippen LogP contribution in [0.15, 0.2) is 60.8 Å². The first-order valence-electron chi connectivity index (χ1n) is 10.7. The fourth-order valence-electron chi connectivity index (χ4n) is 4.20. The number of piperidine rings is 1. The van der Waals surface area contributed by atoms with E-state index in [1.165, 1.54) is 17.7 Å². The maximum atomic E-state index is 13.3. The number of hydrogen-bond donors (Lipinski definition) is 1. The van der Waals surface area contributed by atoms with Crippen LogP contribution in [0.1, 0.15) is 18.4 Å². The molecule has 0 bridgehead atoms. The molecule has 31 heavy (non-hydrogen) atoms. The van der Waals surface area contributed by atoms with E-state index in [2.05, 4.69) is 45.6 Å². The zero-order chi connectivity index (χ0) is 21.2. The van der Waals surface area contributed by atoms with Crippen molar-refractivity contribution in [2.24, 2.45) is 13.0 Å². The molecule has 2 aromatic carbocycles. The van der Waals surface area contributed by atoms with Gasteiger partial charge in [-0.3, -0.25) is 4.68 Å². The molecule has 2 aromatic heterocycles. The number of anilines is 3. The second kappa shape index (κ2) is 8.34. The van der Waals surface area contributed by atoms with E-state index in [-0.39, 0.29) is 5.82 Å². The molecular formula is C24H25FN6. The summed E-state index contributed by atoms with van der Waals surface area (Å²) >= 11 is 0. The van der Waals surface area contributed by atoms with Gasteiger partial charge in [-0.2, -0.15) is 15.1 Å². The van der Waals surface area contributed by atoms with Crippen molar-refractivity contribution in [2.75, 3.05) is 23.3 Å². The molecule has 4 aromatic rings. The number of hydrogen-bond acceptors (Lipinski definition) is 5. The maximum absolute atomic E-state index is 13.3. The number of halogens is 1. The van der Waals surface area contributed by atoms with E-state index in [0.29, 0.717) is 17.7 Å². The van der Waals surface area contributed by atoms with Gasteiger partial charge in [-0.25, -0.2) is 4.39 Å². The molecule has 5 rings (SSSR count). The number of aryl methyl sites for hydroxylation is 1. The minimum atomic E-state index is -0.265. The van der Waals surface area contributed by atoms with Crippen LogP contribution in [0, 0.1) is 11.7 Å². The fraction of sp³-hybridized carbons (Fsp3) is 0.292. The standard InChI is InChI=1S/C24H25FN6/c1-30-23-21(16-26-30)22(27-20-9-7-19(25)8-10-20)28-24(29-23)31-13-11-18(12-14-31)15-17-5-3-2-4-6-17/h2-10,16,18H,11-15H2,1H3,(H,27,28,29). The molecular weight excluding hydrogens is 391 g/mol. The van der Waals surface area contributed by atoms with Crippen molar-refractivity contribution in [1.29, 1.82) is 0 Å². The molecule has 0 unspecified atom stereocenters. The lowest BCUT2D eigenvalue weighted by Crippen LogP contribution is -2.35. The van der Waals surface area contributed by atoms with Gasteiger partial charge in [0.25, 0.3) is 0 Å². The summed E-state index contributed by atoms with van der Waals surface area (Å²) in [7, 11) is 1.88. The smallest absolute Gasteiger partial charge is 0.229 e. The number of nitrogens with one attached hydrogen (secondary N) is 1. The number of aromatic nitrogens is 4. The van der Waals surface area contributed by atoms with Gasteiger partial charge >= 0.3 is 0 Å². The molecule has 1 aliphatic heterocycles. The van der Waals surface area contributed by atoms with Crippen molar-refractivity contribution < 1.29 is 4.39 Å². The van der Waals surface area contributed by atoms with Crippen LogP contribution in [0.2, 0.25) is 0 Å². The molecule has 7 heteroatoms. The molecule has 6 nitrogen and oxygen atoms in total. The van der Waals surface area contributed by atoms with Crippen LogP contribution in [0.5, 0.6) is 0 Å². The van der Waals surface area contributed by atoms with Crippen molar-refractivity contribution in [3.63, 3.8) is 0 Å². The molecule has 1 fully saturated rings. The van der Waals surface area contributed by atoms with Gasteiger partial charge in [-0.05, 0) is 55.0 Å². The first-order chi connectivity index (χ1) is 15.2. The predicted molar refractivity (Wildman–Crippen MR) is 121 cm³/mol. The third kappa shape index (κ3) is 4.21. The Morgan fingerprint density at radius 3 is 2.48 bits per heavy atom. The number of rotatable bonds is 5. The summed E-state index contributed by atoms with van der Waals surface area (Å²) in [5.41, 5.74) is 2.96. The van der Waals surface area contributed by atoms with Crippen LogP contribution in [0.3, 0.4) is 0 Å². The van der Waals surface area contributed by atoms with Gasteiger partial charge in [-0.1, -0.05) is 30.3 Å².